The van der Waals surface area contributed by atoms with Gasteiger partial charge < -0.3 is 18.8 Å². The highest BCUT2D eigenvalue weighted by Crippen LogP contribution is 2.18. The number of hydrogen-bond acceptors (Lipinski definition) is 5. The third-order valence-electron chi connectivity index (χ3n) is 3.25. The molecule has 122 valence electrons. The predicted molar refractivity (Wildman–Crippen MR) is 79.3 cm³/mol. The summed E-state index contributed by atoms with van der Waals surface area (Å²) in [6, 6.07) is 3.61. The highest BCUT2D eigenvalue weighted by Gasteiger charge is 2.31. The normalized spacial score (nSPS) is 18.3. The number of nitrogens with zero attached hydrogens (tertiary/aromatic N) is 1. The monoisotopic (exact) mass is 309 g/mol. The van der Waals surface area contributed by atoms with E-state index in [4.69, 9.17) is 13.9 Å². The summed E-state index contributed by atoms with van der Waals surface area (Å²) in [6.07, 6.45) is 2.41. The number of furan rings is 1. The average molecular weight is 309 g/mol. The van der Waals surface area contributed by atoms with Crippen molar-refractivity contribution in [2.24, 2.45) is 0 Å². The zero-order valence-electron chi connectivity index (χ0n) is 13.3. The first-order chi connectivity index (χ1) is 10.3. The molecule has 6 heteroatoms. The van der Waals surface area contributed by atoms with Crippen molar-refractivity contribution < 1.29 is 23.5 Å². The first-order valence-electron chi connectivity index (χ1n) is 7.53. The van der Waals surface area contributed by atoms with Crippen molar-refractivity contribution in [3.63, 3.8) is 0 Å². The molecule has 0 aromatic carbocycles. The van der Waals surface area contributed by atoms with Gasteiger partial charge in [-0.15, -0.1) is 0 Å². The van der Waals surface area contributed by atoms with Crippen LogP contribution in [-0.2, 0) is 20.7 Å². The lowest BCUT2D eigenvalue weighted by Crippen LogP contribution is -2.36. The van der Waals surface area contributed by atoms with Gasteiger partial charge in [0.05, 0.1) is 19.2 Å². The van der Waals surface area contributed by atoms with Crippen LogP contribution in [0.4, 0.5) is 4.79 Å². The Balaban J connectivity index is 1.71. The highest BCUT2D eigenvalue weighted by atomic mass is 16.6. The molecule has 1 aliphatic rings. The molecular weight excluding hydrogens is 286 g/mol. The number of hydrogen-bond donors (Lipinski definition) is 0. The van der Waals surface area contributed by atoms with Crippen molar-refractivity contribution in [1.29, 1.82) is 0 Å². The van der Waals surface area contributed by atoms with Crippen molar-refractivity contribution in [3.8, 4) is 0 Å². The topological polar surface area (TPSA) is 69.0 Å². The van der Waals surface area contributed by atoms with Crippen molar-refractivity contribution in [2.45, 2.75) is 51.7 Å². The van der Waals surface area contributed by atoms with Gasteiger partial charge in [0.15, 0.2) is 0 Å². The van der Waals surface area contributed by atoms with Gasteiger partial charge in [-0.3, -0.25) is 4.79 Å². The van der Waals surface area contributed by atoms with Gasteiger partial charge in [-0.1, -0.05) is 0 Å². The minimum Gasteiger partial charge on any atom is -0.469 e. The molecule has 1 aliphatic heterocycles. The second-order valence-electron chi connectivity index (χ2n) is 6.41. The van der Waals surface area contributed by atoms with Crippen molar-refractivity contribution in [3.05, 3.63) is 24.2 Å². The molecule has 0 radical (unpaired) electrons. The fourth-order valence-electron chi connectivity index (χ4n) is 2.24. The maximum Gasteiger partial charge on any atom is 0.410 e. The Bertz CT molecular complexity index is 503. The van der Waals surface area contributed by atoms with E-state index in [9.17, 15) is 9.59 Å². The molecule has 0 unspecified atom stereocenters. The Hall–Kier alpha value is -1.98. The predicted octanol–water partition coefficient (Wildman–Crippen LogP) is 2.76. The third-order valence-corrected chi connectivity index (χ3v) is 3.25. The first-order valence-corrected chi connectivity index (χ1v) is 7.53. The van der Waals surface area contributed by atoms with Gasteiger partial charge in [0.2, 0.25) is 0 Å². The number of ether oxygens (including phenoxy) is 2. The van der Waals surface area contributed by atoms with Crippen LogP contribution in [0.15, 0.2) is 22.8 Å². The van der Waals surface area contributed by atoms with Gasteiger partial charge >= 0.3 is 12.1 Å². The van der Waals surface area contributed by atoms with Gasteiger partial charge in [0.25, 0.3) is 0 Å². The molecule has 1 atom stereocenters. The Morgan fingerprint density at radius 1 is 1.41 bits per heavy atom. The maximum absolute atomic E-state index is 11.9. The molecule has 2 rings (SSSR count). The number of aryl methyl sites for hydroxylation is 1. The summed E-state index contributed by atoms with van der Waals surface area (Å²) in [5.41, 5.74) is -0.519. The quantitative estimate of drug-likeness (QED) is 0.800. The number of likely N-dealkylation sites (tertiary alicyclic amines) is 1. The SMILES string of the molecule is CC(C)(C)OC(=O)N1CC[C@H](OC(=O)CCc2ccco2)C1. The fraction of sp³-hybridized carbons (Fsp3) is 0.625. The minimum atomic E-state index is -0.519. The molecule has 1 aromatic heterocycles. The average Bonchev–Trinajstić information content (AvgIpc) is 3.05. The summed E-state index contributed by atoms with van der Waals surface area (Å²) in [7, 11) is 0. The van der Waals surface area contributed by atoms with Crippen LogP contribution in [0.2, 0.25) is 0 Å². The summed E-state index contributed by atoms with van der Waals surface area (Å²) in [5, 5.41) is 0. The van der Waals surface area contributed by atoms with Crippen molar-refractivity contribution >= 4 is 12.1 Å². The third kappa shape index (κ3) is 5.09. The molecule has 2 heterocycles. The Morgan fingerprint density at radius 2 is 2.18 bits per heavy atom. The lowest BCUT2D eigenvalue weighted by molar-refractivity contribution is -0.148. The standard InChI is InChI=1S/C16H23NO5/c1-16(2,3)22-15(19)17-9-8-13(11-17)21-14(18)7-6-12-5-4-10-20-12/h4-5,10,13H,6-9,11H2,1-3H3/t13-/m0/s1. The van der Waals surface area contributed by atoms with Crippen LogP contribution in [0, 0.1) is 0 Å². The van der Waals surface area contributed by atoms with Gasteiger partial charge in [0.1, 0.15) is 17.5 Å². The van der Waals surface area contributed by atoms with Crippen LogP contribution in [0.5, 0.6) is 0 Å². The Morgan fingerprint density at radius 3 is 2.82 bits per heavy atom. The minimum absolute atomic E-state index is 0.253. The number of esters is 1. The number of amides is 1. The molecule has 22 heavy (non-hydrogen) atoms. The van der Waals surface area contributed by atoms with Crippen LogP contribution in [-0.4, -0.2) is 41.8 Å². The van der Waals surface area contributed by atoms with Crippen molar-refractivity contribution in [2.75, 3.05) is 13.1 Å². The summed E-state index contributed by atoms with van der Waals surface area (Å²) in [5.74, 6) is 0.492. The van der Waals surface area contributed by atoms with Crippen LogP contribution in [0.1, 0.15) is 39.4 Å². The molecule has 0 aliphatic carbocycles. The summed E-state index contributed by atoms with van der Waals surface area (Å²) in [4.78, 5) is 25.3. The van der Waals surface area contributed by atoms with Crippen LogP contribution < -0.4 is 0 Å². The molecular formula is C16H23NO5. The van der Waals surface area contributed by atoms with E-state index >= 15 is 0 Å². The van der Waals surface area contributed by atoms with Gasteiger partial charge in [-0.05, 0) is 32.9 Å². The van der Waals surface area contributed by atoms with Gasteiger partial charge in [-0.25, -0.2) is 4.79 Å². The number of carbonyl (C=O) groups is 2. The molecule has 0 bridgehead atoms. The molecule has 0 saturated carbocycles. The number of carbonyl (C=O) groups excluding carboxylic acids is 2. The van der Waals surface area contributed by atoms with E-state index in [1.165, 1.54) is 0 Å². The zero-order chi connectivity index (χ0) is 16.2. The molecule has 0 spiro atoms. The van der Waals surface area contributed by atoms with E-state index in [0.29, 0.717) is 25.9 Å². The van der Waals surface area contributed by atoms with E-state index in [0.717, 1.165) is 5.76 Å². The van der Waals surface area contributed by atoms with E-state index < -0.39 is 5.60 Å². The molecule has 1 aromatic rings. The smallest absolute Gasteiger partial charge is 0.410 e. The lowest BCUT2D eigenvalue weighted by atomic mass is 10.2. The largest absolute Gasteiger partial charge is 0.469 e. The second-order valence-corrected chi connectivity index (χ2v) is 6.41. The maximum atomic E-state index is 11.9. The van der Waals surface area contributed by atoms with Crippen molar-refractivity contribution in [1.82, 2.24) is 4.90 Å². The molecule has 1 fully saturated rings. The van der Waals surface area contributed by atoms with Crippen LogP contribution in [0.25, 0.3) is 0 Å². The first kappa shape index (κ1) is 16.4. The van der Waals surface area contributed by atoms with Crippen LogP contribution in [0.3, 0.4) is 0 Å². The molecule has 0 N–H and O–H groups in total. The van der Waals surface area contributed by atoms with Gasteiger partial charge in [0, 0.05) is 19.4 Å². The zero-order valence-corrected chi connectivity index (χ0v) is 13.3. The van der Waals surface area contributed by atoms with E-state index in [1.54, 1.807) is 17.2 Å². The Labute approximate surface area is 130 Å². The van der Waals surface area contributed by atoms with E-state index in [2.05, 4.69) is 0 Å². The molecule has 1 amide bonds. The lowest BCUT2D eigenvalue weighted by Gasteiger charge is -2.24. The molecule has 1 saturated heterocycles. The highest BCUT2D eigenvalue weighted by molar-refractivity contribution is 5.71. The second kappa shape index (κ2) is 6.85. The van der Waals surface area contributed by atoms with E-state index in [-0.39, 0.29) is 24.6 Å². The fourth-order valence-corrected chi connectivity index (χ4v) is 2.24. The van der Waals surface area contributed by atoms with Crippen LogP contribution >= 0.6 is 0 Å². The van der Waals surface area contributed by atoms with Gasteiger partial charge in [-0.2, -0.15) is 0 Å². The number of rotatable bonds is 4. The summed E-state index contributed by atoms with van der Waals surface area (Å²) in [6.45, 7) is 6.42. The summed E-state index contributed by atoms with van der Waals surface area (Å²) < 4.78 is 15.9. The summed E-state index contributed by atoms with van der Waals surface area (Å²) >= 11 is 0. The van der Waals surface area contributed by atoms with E-state index in [1.807, 2.05) is 26.8 Å². The Kier molecular flexibility index (Phi) is 5.11. The molecule has 6 nitrogen and oxygen atoms in total.